The van der Waals surface area contributed by atoms with Gasteiger partial charge in [-0.3, -0.25) is 9.59 Å². The van der Waals surface area contributed by atoms with Crippen LogP contribution in [0.15, 0.2) is 23.1 Å². The summed E-state index contributed by atoms with van der Waals surface area (Å²) in [5.41, 5.74) is 0.115. The van der Waals surface area contributed by atoms with E-state index in [-0.39, 0.29) is 34.6 Å². The van der Waals surface area contributed by atoms with Gasteiger partial charge in [0, 0.05) is 55.5 Å². The topological polar surface area (TPSA) is 120 Å². The summed E-state index contributed by atoms with van der Waals surface area (Å²) < 4.78 is 29.3. The number of amides is 2. The maximum atomic E-state index is 13.6. The number of hydrogen-bond donors (Lipinski definition) is 1. The summed E-state index contributed by atoms with van der Waals surface area (Å²) in [6, 6.07) is 7.19. The molecule has 1 aliphatic heterocycles. The lowest BCUT2D eigenvalue weighted by molar-refractivity contribution is -0.145. The molecule has 10 heteroatoms. The molecule has 9 nitrogen and oxygen atoms in total. The molecule has 0 radical (unpaired) electrons. The third kappa shape index (κ3) is 5.25. The number of piperazine rings is 1. The number of nitrogens with zero attached hydrogens (tertiary/aromatic N) is 3. The molecule has 2 saturated carbocycles. The van der Waals surface area contributed by atoms with Gasteiger partial charge in [-0.1, -0.05) is 12.8 Å². The van der Waals surface area contributed by atoms with Crippen LogP contribution in [0.3, 0.4) is 0 Å². The number of methoxy groups -OCH3 is 1. The van der Waals surface area contributed by atoms with Crippen molar-refractivity contribution < 1.29 is 22.7 Å². The number of carbonyl (C=O) groups excluding carboxylic acids is 2. The normalized spacial score (nSPS) is 25.9. The molecular weight excluding hydrogens is 468 g/mol. The van der Waals surface area contributed by atoms with Gasteiger partial charge in [0.05, 0.1) is 13.2 Å². The molecule has 3 atom stereocenters. The molecule has 1 heterocycles. The lowest BCUT2D eigenvalue weighted by atomic mass is 9.77. The lowest BCUT2D eigenvalue weighted by Gasteiger charge is -2.43. The Morgan fingerprint density at radius 3 is 2.43 bits per heavy atom. The largest absolute Gasteiger partial charge is 0.495 e. The van der Waals surface area contributed by atoms with Gasteiger partial charge in [-0.05, 0) is 44.7 Å². The second-order valence-corrected chi connectivity index (χ2v) is 12.1. The fourth-order valence-electron chi connectivity index (χ4n) is 5.35. The highest BCUT2D eigenvalue weighted by Crippen LogP contribution is 2.38. The zero-order chi connectivity index (χ0) is 25.4. The number of anilines is 1. The molecule has 190 valence electrons. The van der Waals surface area contributed by atoms with Crippen molar-refractivity contribution in [3.8, 4) is 11.8 Å². The summed E-state index contributed by atoms with van der Waals surface area (Å²) >= 11 is 0. The van der Waals surface area contributed by atoms with Gasteiger partial charge in [-0.15, -0.1) is 0 Å². The highest BCUT2D eigenvalue weighted by molar-refractivity contribution is 7.90. The number of rotatable bonds is 6. The predicted octanol–water partition coefficient (Wildman–Crippen LogP) is 2.11. The van der Waals surface area contributed by atoms with Crippen molar-refractivity contribution in [2.75, 3.05) is 37.9 Å². The van der Waals surface area contributed by atoms with Crippen LogP contribution in [-0.4, -0.2) is 69.7 Å². The van der Waals surface area contributed by atoms with Crippen LogP contribution in [-0.2, 0) is 19.4 Å². The highest BCUT2D eigenvalue weighted by Gasteiger charge is 2.48. The van der Waals surface area contributed by atoms with Crippen LogP contribution < -0.4 is 15.0 Å². The van der Waals surface area contributed by atoms with Crippen LogP contribution >= 0.6 is 0 Å². The van der Waals surface area contributed by atoms with Crippen LogP contribution in [0, 0.1) is 23.2 Å². The number of hydrogen-bond acceptors (Lipinski definition) is 7. The quantitative estimate of drug-likeness (QED) is 0.633. The average molecular weight is 503 g/mol. The van der Waals surface area contributed by atoms with Crippen molar-refractivity contribution in [3.05, 3.63) is 18.2 Å². The highest BCUT2D eigenvalue weighted by atomic mass is 32.2. The smallest absolute Gasteiger partial charge is 0.226 e. The number of carbonyl (C=O) groups is 2. The van der Waals surface area contributed by atoms with Crippen molar-refractivity contribution in [1.82, 2.24) is 10.2 Å². The van der Waals surface area contributed by atoms with Crippen LogP contribution in [0.2, 0.25) is 0 Å². The number of benzene rings is 1. The number of sulfone groups is 1. The second-order valence-electron chi connectivity index (χ2n) is 10.1. The fourth-order valence-corrected chi connectivity index (χ4v) is 6.17. The van der Waals surface area contributed by atoms with E-state index in [0.717, 1.165) is 24.8 Å². The van der Waals surface area contributed by atoms with Crippen molar-refractivity contribution >= 4 is 27.3 Å². The molecule has 0 bridgehead atoms. The monoisotopic (exact) mass is 502 g/mol. The molecule has 3 fully saturated rings. The third-order valence-corrected chi connectivity index (χ3v) is 8.71. The minimum Gasteiger partial charge on any atom is -0.495 e. The molecule has 0 spiro atoms. The summed E-state index contributed by atoms with van der Waals surface area (Å²) in [5.74, 6) is -0.588. The molecule has 0 unspecified atom stereocenters. The Morgan fingerprint density at radius 1 is 1.17 bits per heavy atom. The molecule has 2 aliphatic carbocycles. The van der Waals surface area contributed by atoms with E-state index in [4.69, 9.17) is 4.74 Å². The van der Waals surface area contributed by atoms with Crippen LogP contribution in [0.5, 0.6) is 5.75 Å². The lowest BCUT2D eigenvalue weighted by Crippen LogP contribution is -2.57. The first-order chi connectivity index (χ1) is 16.6. The predicted molar refractivity (Wildman–Crippen MR) is 131 cm³/mol. The second kappa shape index (κ2) is 9.69. The first-order valence-electron chi connectivity index (χ1n) is 12.3. The zero-order valence-corrected chi connectivity index (χ0v) is 21.4. The third-order valence-electron chi connectivity index (χ3n) is 7.57. The maximum absolute atomic E-state index is 13.6. The first-order valence-corrected chi connectivity index (χ1v) is 14.1. The summed E-state index contributed by atoms with van der Waals surface area (Å²) in [6.07, 6.45) is 5.70. The van der Waals surface area contributed by atoms with Crippen molar-refractivity contribution in [2.24, 2.45) is 11.8 Å². The average Bonchev–Trinajstić information content (AvgIpc) is 3.62. The summed E-state index contributed by atoms with van der Waals surface area (Å²) in [4.78, 5) is 30.7. The zero-order valence-electron chi connectivity index (χ0n) is 20.6. The Hall–Kier alpha value is -2.80. The van der Waals surface area contributed by atoms with Gasteiger partial charge in [0.15, 0.2) is 9.84 Å². The molecule has 1 aromatic carbocycles. The minimum atomic E-state index is -3.40. The SMILES string of the molecule is COc1cc(N2CCN(C(=O)[C@@H]3CCCC[C@H]3C(=O)NC3(C#N)CC3)[C@H](C)C2)ccc1S(C)(=O)=O. The number of ether oxygens (including phenoxy) is 1. The van der Waals surface area contributed by atoms with Crippen LogP contribution in [0.25, 0.3) is 0 Å². The van der Waals surface area contributed by atoms with Crippen molar-refractivity contribution in [3.63, 3.8) is 0 Å². The maximum Gasteiger partial charge on any atom is 0.226 e. The van der Waals surface area contributed by atoms with Gasteiger partial charge < -0.3 is 19.9 Å². The first kappa shape index (κ1) is 25.3. The van der Waals surface area contributed by atoms with E-state index in [9.17, 15) is 23.3 Å². The molecule has 2 amide bonds. The molecule has 0 aromatic heterocycles. The Morgan fingerprint density at radius 2 is 1.86 bits per heavy atom. The van der Waals surface area contributed by atoms with E-state index in [2.05, 4.69) is 16.3 Å². The molecule has 35 heavy (non-hydrogen) atoms. The number of nitriles is 1. The number of nitrogens with one attached hydrogen (secondary N) is 1. The standard InChI is InChI=1S/C25H34N4O5S/c1-17-15-28(18-8-9-22(35(3,32)33)21(14-18)34-2)12-13-29(17)24(31)20-7-5-4-6-19(20)23(30)27-25(16-26)10-11-25/h8-9,14,17,19-20H,4-7,10-13,15H2,1-3H3,(H,27,30)/t17-,19-,20-/m1/s1. The Balaban J connectivity index is 1.44. The van der Waals surface area contributed by atoms with Gasteiger partial charge in [0.1, 0.15) is 16.2 Å². The molecular formula is C25H34N4O5S. The Kier molecular flexibility index (Phi) is 7.00. The van der Waals surface area contributed by atoms with Gasteiger partial charge >= 0.3 is 0 Å². The fraction of sp³-hybridized carbons (Fsp3) is 0.640. The Bertz CT molecular complexity index is 1140. The van der Waals surface area contributed by atoms with Gasteiger partial charge in [-0.2, -0.15) is 5.26 Å². The van der Waals surface area contributed by atoms with Crippen molar-refractivity contribution in [2.45, 2.75) is 61.9 Å². The van der Waals surface area contributed by atoms with E-state index < -0.39 is 15.4 Å². The summed E-state index contributed by atoms with van der Waals surface area (Å²) in [7, 11) is -1.96. The molecule has 1 saturated heterocycles. The van der Waals surface area contributed by atoms with E-state index in [0.29, 0.717) is 51.1 Å². The van der Waals surface area contributed by atoms with E-state index >= 15 is 0 Å². The van der Waals surface area contributed by atoms with E-state index in [1.54, 1.807) is 18.2 Å². The van der Waals surface area contributed by atoms with E-state index in [1.165, 1.54) is 7.11 Å². The summed E-state index contributed by atoms with van der Waals surface area (Å²) in [5, 5.41) is 12.2. The van der Waals surface area contributed by atoms with Gasteiger partial charge in [-0.25, -0.2) is 8.42 Å². The molecule has 3 aliphatic rings. The van der Waals surface area contributed by atoms with Gasteiger partial charge in [0.2, 0.25) is 11.8 Å². The minimum absolute atomic E-state index is 0.0174. The van der Waals surface area contributed by atoms with Gasteiger partial charge in [0.25, 0.3) is 0 Å². The van der Waals surface area contributed by atoms with Crippen LogP contribution in [0.4, 0.5) is 5.69 Å². The van der Waals surface area contributed by atoms with Crippen LogP contribution in [0.1, 0.15) is 45.4 Å². The molecule has 1 N–H and O–H groups in total. The van der Waals surface area contributed by atoms with E-state index in [1.807, 2.05) is 11.8 Å². The summed E-state index contributed by atoms with van der Waals surface area (Å²) in [6.45, 7) is 3.70. The molecule has 1 aromatic rings. The molecule has 4 rings (SSSR count). The Labute approximate surface area is 207 Å². The van der Waals surface area contributed by atoms with Crippen molar-refractivity contribution in [1.29, 1.82) is 5.26 Å².